The van der Waals surface area contributed by atoms with E-state index in [1.54, 1.807) is 4.90 Å². The van der Waals surface area contributed by atoms with Crippen LogP contribution in [0.2, 0.25) is 0 Å². The third-order valence-corrected chi connectivity index (χ3v) is 6.77. The number of hydrogen-bond acceptors (Lipinski definition) is 5. The van der Waals surface area contributed by atoms with Crippen molar-refractivity contribution in [3.05, 3.63) is 52.7 Å². The number of nitrogens with zero attached hydrogens (tertiary/aromatic N) is 3. The summed E-state index contributed by atoms with van der Waals surface area (Å²) in [5.41, 5.74) is 0.749. The summed E-state index contributed by atoms with van der Waals surface area (Å²) >= 11 is 1.53. The van der Waals surface area contributed by atoms with E-state index in [4.69, 9.17) is 0 Å². The van der Waals surface area contributed by atoms with Gasteiger partial charge in [-0.15, -0.1) is 11.3 Å². The number of imide groups is 2. The van der Waals surface area contributed by atoms with E-state index in [2.05, 4.69) is 0 Å². The van der Waals surface area contributed by atoms with Crippen LogP contribution in [0.25, 0.3) is 0 Å². The highest BCUT2D eigenvalue weighted by Crippen LogP contribution is 2.28. The minimum absolute atomic E-state index is 0.0297. The number of benzene rings is 1. The maximum absolute atomic E-state index is 13.3. The summed E-state index contributed by atoms with van der Waals surface area (Å²) in [7, 11) is 0. The molecule has 1 aromatic heterocycles. The second-order valence-electron chi connectivity index (χ2n) is 7.85. The van der Waals surface area contributed by atoms with Crippen LogP contribution in [0.3, 0.4) is 0 Å². The Morgan fingerprint density at radius 3 is 2.32 bits per heavy atom. The number of carbonyl (C=O) groups excluding carboxylic acids is 4. The molecule has 8 heteroatoms. The molecule has 1 saturated heterocycles. The monoisotopic (exact) mass is 439 g/mol. The second-order valence-corrected chi connectivity index (χ2v) is 8.88. The molecule has 4 rings (SSSR count). The minimum atomic E-state index is -0.929. The third kappa shape index (κ3) is 4.54. The molecule has 0 spiro atoms. The molecule has 0 radical (unpaired) electrons. The average Bonchev–Trinajstić information content (AvgIpc) is 3.38. The highest BCUT2D eigenvalue weighted by atomic mass is 32.1. The van der Waals surface area contributed by atoms with Crippen molar-refractivity contribution in [1.82, 2.24) is 9.80 Å². The van der Waals surface area contributed by atoms with Crippen LogP contribution in [0.5, 0.6) is 0 Å². The summed E-state index contributed by atoms with van der Waals surface area (Å²) in [5.74, 6) is -2.13. The Hall–Kier alpha value is -3.00. The van der Waals surface area contributed by atoms with Gasteiger partial charge in [0.2, 0.25) is 5.91 Å². The molecule has 1 aliphatic carbocycles. The Labute approximate surface area is 185 Å². The number of rotatable bonds is 7. The molecular weight excluding hydrogens is 414 g/mol. The van der Waals surface area contributed by atoms with Gasteiger partial charge in [0.05, 0.1) is 0 Å². The molecule has 1 saturated carbocycles. The van der Waals surface area contributed by atoms with Gasteiger partial charge < -0.3 is 4.90 Å². The lowest BCUT2D eigenvalue weighted by molar-refractivity contribution is -0.143. The number of urea groups is 1. The van der Waals surface area contributed by atoms with Gasteiger partial charge in [-0.2, -0.15) is 0 Å². The number of amides is 5. The van der Waals surface area contributed by atoms with E-state index in [-0.39, 0.29) is 18.5 Å². The summed E-state index contributed by atoms with van der Waals surface area (Å²) in [6, 6.07) is 12.5. The van der Waals surface area contributed by atoms with Crippen molar-refractivity contribution >= 4 is 40.8 Å². The van der Waals surface area contributed by atoms with Crippen LogP contribution in [0, 0.1) is 0 Å². The summed E-state index contributed by atoms with van der Waals surface area (Å²) in [6.07, 6.45) is 5.48. The predicted molar refractivity (Wildman–Crippen MR) is 118 cm³/mol. The van der Waals surface area contributed by atoms with Crippen molar-refractivity contribution in [3.63, 3.8) is 0 Å². The van der Waals surface area contributed by atoms with E-state index in [0.717, 1.165) is 52.5 Å². The van der Waals surface area contributed by atoms with Crippen LogP contribution in [-0.4, -0.2) is 52.7 Å². The highest BCUT2D eigenvalue weighted by molar-refractivity contribution is 7.09. The fourth-order valence-electron chi connectivity index (χ4n) is 4.26. The molecule has 5 amide bonds. The smallest absolute Gasteiger partial charge is 0.308 e. The molecule has 0 atom stereocenters. The van der Waals surface area contributed by atoms with Crippen molar-refractivity contribution in [3.8, 4) is 0 Å². The van der Waals surface area contributed by atoms with Crippen molar-refractivity contribution in [2.75, 3.05) is 18.0 Å². The van der Waals surface area contributed by atoms with Crippen LogP contribution in [0.1, 0.15) is 37.0 Å². The van der Waals surface area contributed by atoms with E-state index in [9.17, 15) is 19.2 Å². The molecule has 7 nitrogen and oxygen atoms in total. The Bertz CT molecular complexity index is 954. The van der Waals surface area contributed by atoms with Gasteiger partial charge in [0.15, 0.2) is 0 Å². The topological polar surface area (TPSA) is 78.0 Å². The van der Waals surface area contributed by atoms with E-state index in [1.807, 2.05) is 47.8 Å². The first kappa shape index (κ1) is 21.2. The standard InChI is InChI=1S/C23H25N3O4S/c27-20(26(17-8-3-1-4-9-17)18-10-5-2-6-11-18)16-25-22(29)21(28)24(23(25)30)14-13-19-12-7-15-31-19/h1,3-4,7-9,12,15,18H,2,5-6,10-11,13-14,16H2. The van der Waals surface area contributed by atoms with Crippen LogP contribution < -0.4 is 4.90 Å². The minimum Gasteiger partial charge on any atom is -0.308 e. The van der Waals surface area contributed by atoms with E-state index in [0.29, 0.717) is 6.42 Å². The fraction of sp³-hybridized carbons (Fsp3) is 0.391. The summed E-state index contributed by atoms with van der Waals surface area (Å²) in [5, 5.41) is 1.92. The molecule has 2 aromatic rings. The Kier molecular flexibility index (Phi) is 6.46. The van der Waals surface area contributed by atoms with Gasteiger partial charge in [-0.3, -0.25) is 19.3 Å². The largest absolute Gasteiger partial charge is 0.334 e. The van der Waals surface area contributed by atoms with Gasteiger partial charge in [0.1, 0.15) is 6.54 Å². The van der Waals surface area contributed by atoms with Crippen molar-refractivity contribution in [1.29, 1.82) is 0 Å². The predicted octanol–water partition coefficient (Wildman–Crippen LogP) is 3.45. The molecule has 162 valence electrons. The zero-order valence-electron chi connectivity index (χ0n) is 17.2. The quantitative estimate of drug-likeness (QED) is 0.489. The zero-order valence-corrected chi connectivity index (χ0v) is 18.1. The molecule has 2 heterocycles. The Balaban J connectivity index is 1.49. The number of para-hydroxylation sites is 1. The van der Waals surface area contributed by atoms with Crippen molar-refractivity contribution in [2.45, 2.75) is 44.6 Å². The summed E-state index contributed by atoms with van der Waals surface area (Å²) in [4.78, 5) is 55.5. The van der Waals surface area contributed by atoms with Crippen molar-refractivity contribution in [2.24, 2.45) is 0 Å². The van der Waals surface area contributed by atoms with E-state index in [1.165, 1.54) is 11.3 Å². The van der Waals surface area contributed by atoms with Crippen LogP contribution >= 0.6 is 11.3 Å². The molecule has 1 aromatic carbocycles. The van der Waals surface area contributed by atoms with Gasteiger partial charge in [-0.1, -0.05) is 43.5 Å². The Morgan fingerprint density at radius 1 is 0.935 bits per heavy atom. The lowest BCUT2D eigenvalue weighted by Gasteiger charge is -2.35. The van der Waals surface area contributed by atoms with Crippen LogP contribution in [0.15, 0.2) is 47.8 Å². The Morgan fingerprint density at radius 2 is 1.65 bits per heavy atom. The first-order valence-electron chi connectivity index (χ1n) is 10.6. The third-order valence-electron chi connectivity index (χ3n) is 5.83. The van der Waals surface area contributed by atoms with Crippen molar-refractivity contribution < 1.29 is 19.2 Å². The van der Waals surface area contributed by atoms with Gasteiger partial charge in [0.25, 0.3) is 0 Å². The molecule has 1 aliphatic heterocycles. The normalized spacial score (nSPS) is 17.5. The van der Waals surface area contributed by atoms with Crippen LogP contribution in [-0.2, 0) is 20.8 Å². The second kappa shape index (κ2) is 9.43. The van der Waals surface area contributed by atoms with Gasteiger partial charge in [0, 0.05) is 29.6 Å². The molecule has 2 fully saturated rings. The maximum Gasteiger partial charge on any atom is 0.334 e. The molecule has 0 N–H and O–H groups in total. The molecule has 31 heavy (non-hydrogen) atoms. The van der Waals surface area contributed by atoms with E-state index >= 15 is 0 Å². The number of hydrogen-bond donors (Lipinski definition) is 0. The molecule has 2 aliphatic rings. The summed E-state index contributed by atoms with van der Waals surface area (Å²) < 4.78 is 0. The number of carbonyl (C=O) groups is 4. The molecular formula is C23H25N3O4S. The highest BCUT2D eigenvalue weighted by Gasteiger charge is 2.45. The van der Waals surface area contributed by atoms with Gasteiger partial charge >= 0.3 is 17.8 Å². The zero-order chi connectivity index (χ0) is 21.8. The van der Waals surface area contributed by atoms with Gasteiger partial charge in [-0.05, 0) is 36.4 Å². The fourth-order valence-corrected chi connectivity index (χ4v) is 4.96. The average molecular weight is 440 g/mol. The first-order chi connectivity index (χ1) is 15.1. The number of anilines is 1. The maximum atomic E-state index is 13.3. The lowest BCUT2D eigenvalue weighted by Crippen LogP contribution is -2.48. The van der Waals surface area contributed by atoms with Gasteiger partial charge in [-0.25, -0.2) is 9.69 Å². The molecule has 0 bridgehead atoms. The first-order valence-corrected chi connectivity index (χ1v) is 11.5. The summed E-state index contributed by atoms with van der Waals surface area (Å²) in [6.45, 7) is -0.302. The van der Waals surface area contributed by atoms with E-state index < -0.39 is 24.4 Å². The molecule has 0 unspecified atom stereocenters. The lowest BCUT2D eigenvalue weighted by atomic mass is 9.93. The SMILES string of the molecule is O=C1C(=O)N(CC(=O)N(c2ccccc2)C2CCCCC2)C(=O)N1CCc1cccs1. The number of thiophene rings is 1. The van der Waals surface area contributed by atoms with Crippen LogP contribution in [0.4, 0.5) is 10.5 Å².